The molecule has 130 valence electrons. The van der Waals surface area contributed by atoms with Crippen molar-refractivity contribution >= 4 is 6.09 Å². The Morgan fingerprint density at radius 2 is 1.54 bits per heavy atom. The molecule has 0 aliphatic carbocycles. The Balaban J connectivity index is 1.61. The first-order chi connectivity index (χ1) is 12.8. The number of nitrogens with zero attached hydrogens (tertiary/aromatic N) is 1. The van der Waals surface area contributed by atoms with Gasteiger partial charge in [-0.05, 0) is 28.7 Å². The van der Waals surface area contributed by atoms with Crippen LogP contribution in [0.3, 0.4) is 0 Å². The average molecular weight is 343 g/mol. The number of rotatable bonds is 3. The fourth-order valence-corrected chi connectivity index (χ4v) is 3.56. The minimum atomic E-state index is -0.266. The van der Waals surface area contributed by atoms with Gasteiger partial charge in [-0.25, -0.2) is 4.79 Å². The first kappa shape index (κ1) is 16.4. The molecule has 3 aromatic rings. The summed E-state index contributed by atoms with van der Waals surface area (Å²) in [7, 11) is 0. The van der Waals surface area contributed by atoms with Gasteiger partial charge in [0.15, 0.2) is 0 Å². The first-order valence-electron chi connectivity index (χ1n) is 8.93. The Kier molecular flexibility index (Phi) is 4.69. The Morgan fingerprint density at radius 1 is 0.885 bits per heavy atom. The van der Waals surface area contributed by atoms with E-state index in [2.05, 4.69) is 30.3 Å². The van der Waals surface area contributed by atoms with Gasteiger partial charge in [-0.15, -0.1) is 0 Å². The normalized spacial score (nSPS) is 16.0. The molecule has 1 amide bonds. The molecule has 0 saturated carbocycles. The smallest absolute Gasteiger partial charge is 0.410 e. The number of fused-ring (bicyclic) bond motifs is 1. The molecule has 26 heavy (non-hydrogen) atoms. The molecular formula is C23H21NO2. The molecule has 0 bridgehead atoms. The summed E-state index contributed by atoms with van der Waals surface area (Å²) < 4.78 is 5.62. The molecule has 1 aliphatic rings. The molecule has 1 unspecified atom stereocenters. The first-order valence-corrected chi connectivity index (χ1v) is 8.93. The lowest BCUT2D eigenvalue weighted by molar-refractivity contribution is 0.0837. The molecule has 1 atom stereocenters. The summed E-state index contributed by atoms with van der Waals surface area (Å²) in [6.07, 6.45) is 0.581. The zero-order valence-corrected chi connectivity index (χ0v) is 14.5. The highest BCUT2D eigenvalue weighted by molar-refractivity contribution is 5.70. The summed E-state index contributed by atoms with van der Waals surface area (Å²) in [4.78, 5) is 14.7. The van der Waals surface area contributed by atoms with Crippen LogP contribution in [0.5, 0.6) is 0 Å². The average Bonchev–Trinajstić information content (AvgIpc) is 2.72. The third-order valence-corrected chi connectivity index (χ3v) is 4.84. The summed E-state index contributed by atoms with van der Waals surface area (Å²) in [5, 5.41) is 0. The Labute approximate surface area is 153 Å². The molecule has 4 rings (SSSR count). The molecule has 0 fully saturated rings. The number of carbonyl (C=O) groups excluding carboxylic acids is 1. The summed E-state index contributed by atoms with van der Waals surface area (Å²) in [6, 6.07) is 28.2. The lowest BCUT2D eigenvalue weighted by Gasteiger charge is -2.37. The van der Waals surface area contributed by atoms with Crippen molar-refractivity contribution < 1.29 is 9.53 Å². The third kappa shape index (κ3) is 3.33. The van der Waals surface area contributed by atoms with E-state index >= 15 is 0 Å². The summed E-state index contributed by atoms with van der Waals surface area (Å²) in [5.41, 5.74) is 4.58. The predicted octanol–water partition coefficient (Wildman–Crippen LogP) is 4.97. The lowest BCUT2D eigenvalue weighted by atomic mass is 9.88. The van der Waals surface area contributed by atoms with Crippen molar-refractivity contribution in [1.82, 2.24) is 4.90 Å². The standard InChI is InChI=1S/C23H21NO2/c25-23(26-17-18-9-3-1-4-10-18)24-16-15-19-11-7-8-14-21(19)22(24)20-12-5-2-6-13-20/h1-14,22H,15-17H2. The van der Waals surface area contributed by atoms with Crippen molar-refractivity contribution in [3.05, 3.63) is 107 Å². The van der Waals surface area contributed by atoms with E-state index in [4.69, 9.17) is 4.74 Å². The van der Waals surface area contributed by atoms with Crippen molar-refractivity contribution in [3.63, 3.8) is 0 Å². The highest BCUT2D eigenvalue weighted by atomic mass is 16.6. The molecule has 1 heterocycles. The van der Waals surface area contributed by atoms with Gasteiger partial charge in [-0.2, -0.15) is 0 Å². The summed E-state index contributed by atoms with van der Waals surface area (Å²) >= 11 is 0. The van der Waals surface area contributed by atoms with Gasteiger partial charge in [0.1, 0.15) is 6.61 Å². The van der Waals surface area contributed by atoms with Crippen LogP contribution >= 0.6 is 0 Å². The fourth-order valence-electron chi connectivity index (χ4n) is 3.56. The zero-order chi connectivity index (χ0) is 17.8. The minimum Gasteiger partial charge on any atom is -0.445 e. The highest BCUT2D eigenvalue weighted by Crippen LogP contribution is 2.35. The molecule has 3 nitrogen and oxygen atoms in total. The van der Waals surface area contributed by atoms with Crippen LogP contribution in [0.15, 0.2) is 84.9 Å². The maximum atomic E-state index is 12.9. The van der Waals surface area contributed by atoms with E-state index in [0.29, 0.717) is 13.2 Å². The van der Waals surface area contributed by atoms with E-state index in [-0.39, 0.29) is 12.1 Å². The summed E-state index contributed by atoms with van der Waals surface area (Å²) in [5.74, 6) is 0. The van der Waals surface area contributed by atoms with Gasteiger partial charge in [0.25, 0.3) is 0 Å². The van der Waals surface area contributed by atoms with Crippen molar-refractivity contribution in [3.8, 4) is 0 Å². The molecular weight excluding hydrogens is 322 g/mol. The van der Waals surface area contributed by atoms with Crippen LogP contribution in [0, 0.1) is 0 Å². The number of carbonyl (C=O) groups is 1. The Hall–Kier alpha value is -3.07. The largest absolute Gasteiger partial charge is 0.445 e. The van der Waals surface area contributed by atoms with Gasteiger partial charge in [-0.3, -0.25) is 4.90 Å². The van der Waals surface area contributed by atoms with Crippen molar-refractivity contribution in [2.75, 3.05) is 6.54 Å². The predicted molar refractivity (Wildman–Crippen MR) is 102 cm³/mol. The van der Waals surface area contributed by atoms with Crippen molar-refractivity contribution in [2.45, 2.75) is 19.1 Å². The minimum absolute atomic E-state index is 0.107. The van der Waals surface area contributed by atoms with Crippen LogP contribution < -0.4 is 0 Å². The molecule has 3 heteroatoms. The van der Waals surface area contributed by atoms with Crippen LogP contribution in [-0.4, -0.2) is 17.5 Å². The van der Waals surface area contributed by atoms with Crippen LogP contribution in [0.25, 0.3) is 0 Å². The third-order valence-electron chi connectivity index (χ3n) is 4.84. The van der Waals surface area contributed by atoms with Gasteiger partial charge < -0.3 is 4.74 Å². The molecule has 3 aromatic carbocycles. The van der Waals surface area contributed by atoms with Gasteiger partial charge in [0.05, 0.1) is 6.04 Å². The number of hydrogen-bond acceptors (Lipinski definition) is 2. The highest BCUT2D eigenvalue weighted by Gasteiger charge is 2.32. The topological polar surface area (TPSA) is 29.5 Å². The van der Waals surface area contributed by atoms with Crippen LogP contribution in [0.2, 0.25) is 0 Å². The number of ether oxygens (including phenoxy) is 1. The van der Waals surface area contributed by atoms with Crippen LogP contribution in [0.1, 0.15) is 28.3 Å². The number of hydrogen-bond donors (Lipinski definition) is 0. The maximum absolute atomic E-state index is 12.9. The van der Waals surface area contributed by atoms with E-state index in [1.54, 1.807) is 0 Å². The van der Waals surface area contributed by atoms with E-state index in [1.807, 2.05) is 59.5 Å². The molecule has 0 aromatic heterocycles. The SMILES string of the molecule is O=C(OCc1ccccc1)N1CCc2ccccc2C1c1ccccc1. The second-order valence-corrected chi connectivity index (χ2v) is 6.50. The van der Waals surface area contributed by atoms with E-state index in [1.165, 1.54) is 11.1 Å². The van der Waals surface area contributed by atoms with Gasteiger partial charge in [-0.1, -0.05) is 84.9 Å². The quantitative estimate of drug-likeness (QED) is 0.672. The molecule has 0 radical (unpaired) electrons. The van der Waals surface area contributed by atoms with Crippen molar-refractivity contribution in [2.24, 2.45) is 0 Å². The molecule has 0 saturated heterocycles. The second kappa shape index (κ2) is 7.44. The molecule has 1 aliphatic heterocycles. The Morgan fingerprint density at radius 3 is 2.31 bits per heavy atom. The van der Waals surface area contributed by atoms with Gasteiger partial charge in [0.2, 0.25) is 0 Å². The number of amides is 1. The van der Waals surface area contributed by atoms with E-state index < -0.39 is 0 Å². The lowest BCUT2D eigenvalue weighted by Crippen LogP contribution is -2.40. The summed E-state index contributed by atoms with van der Waals surface area (Å²) in [6.45, 7) is 0.948. The molecule has 0 N–H and O–H groups in total. The Bertz CT molecular complexity index is 877. The zero-order valence-electron chi connectivity index (χ0n) is 14.5. The second-order valence-electron chi connectivity index (χ2n) is 6.50. The van der Waals surface area contributed by atoms with Crippen LogP contribution in [0.4, 0.5) is 4.79 Å². The van der Waals surface area contributed by atoms with Gasteiger partial charge >= 0.3 is 6.09 Å². The van der Waals surface area contributed by atoms with Gasteiger partial charge in [0, 0.05) is 6.54 Å². The maximum Gasteiger partial charge on any atom is 0.410 e. The monoisotopic (exact) mass is 343 g/mol. The molecule has 0 spiro atoms. The van der Waals surface area contributed by atoms with E-state index in [0.717, 1.165) is 17.5 Å². The van der Waals surface area contributed by atoms with E-state index in [9.17, 15) is 4.79 Å². The number of benzene rings is 3. The van der Waals surface area contributed by atoms with Crippen LogP contribution in [-0.2, 0) is 17.8 Å². The van der Waals surface area contributed by atoms with Crippen molar-refractivity contribution in [1.29, 1.82) is 0 Å². The fraction of sp³-hybridized carbons (Fsp3) is 0.174.